The van der Waals surface area contributed by atoms with E-state index in [1.54, 1.807) is 0 Å². The molecule has 0 radical (unpaired) electrons. The highest BCUT2D eigenvalue weighted by Gasteiger charge is 2.09. The van der Waals surface area contributed by atoms with Crippen LogP contribution in [0, 0.1) is 0 Å². The zero-order valence-corrected chi connectivity index (χ0v) is 13.9. The van der Waals surface area contributed by atoms with Crippen molar-refractivity contribution in [1.29, 1.82) is 0 Å². The van der Waals surface area contributed by atoms with Gasteiger partial charge in [-0.1, -0.05) is 13.0 Å². The maximum absolute atomic E-state index is 11.6. The van der Waals surface area contributed by atoms with Crippen LogP contribution in [0.4, 0.5) is 0 Å². The van der Waals surface area contributed by atoms with E-state index in [4.69, 9.17) is 10.5 Å². The minimum Gasteiger partial charge on any atom is -0.483 e. The molecule has 1 aromatic carbocycles. The second-order valence-electron chi connectivity index (χ2n) is 5.11. The molecule has 0 aromatic heterocycles. The minimum atomic E-state index is -0.106. The third-order valence-corrected chi connectivity index (χ3v) is 3.55. The lowest BCUT2D eigenvalue weighted by Crippen LogP contribution is -2.35. The van der Waals surface area contributed by atoms with Crippen molar-refractivity contribution < 1.29 is 9.53 Å². The average Bonchev–Trinajstić information content (AvgIpc) is 2.36. The molecule has 0 heterocycles. The molecule has 4 nitrogen and oxygen atoms in total. The summed E-state index contributed by atoms with van der Waals surface area (Å²) >= 11 is 3.45. The summed E-state index contributed by atoms with van der Waals surface area (Å²) in [6.07, 6.45) is 1.72. The summed E-state index contributed by atoms with van der Waals surface area (Å²) in [5.74, 6) is 0.559. The van der Waals surface area contributed by atoms with Gasteiger partial charge in [-0.15, -0.1) is 0 Å². The first kappa shape index (κ1) is 17.0. The first-order valence-corrected chi connectivity index (χ1v) is 7.67. The van der Waals surface area contributed by atoms with Gasteiger partial charge >= 0.3 is 0 Å². The molecule has 0 spiro atoms. The van der Waals surface area contributed by atoms with E-state index in [1.165, 1.54) is 0 Å². The summed E-state index contributed by atoms with van der Waals surface area (Å²) in [4.78, 5) is 11.6. The molecule has 0 saturated carbocycles. The number of amides is 1. The van der Waals surface area contributed by atoms with E-state index >= 15 is 0 Å². The van der Waals surface area contributed by atoms with Crippen LogP contribution >= 0.6 is 15.9 Å². The Morgan fingerprint density at radius 3 is 2.70 bits per heavy atom. The van der Waals surface area contributed by atoms with Crippen LogP contribution in [0.5, 0.6) is 5.75 Å². The van der Waals surface area contributed by atoms with Crippen LogP contribution in [0.15, 0.2) is 22.7 Å². The molecule has 20 heavy (non-hydrogen) atoms. The number of carbonyl (C=O) groups is 1. The SMILES string of the molecule is CCC(C)NC(=O)COc1ccc(CC(C)N)cc1Br. The van der Waals surface area contributed by atoms with Gasteiger partial charge in [0.05, 0.1) is 4.47 Å². The van der Waals surface area contributed by atoms with Crippen LogP contribution in [0.1, 0.15) is 32.8 Å². The van der Waals surface area contributed by atoms with Crippen LogP contribution in [-0.2, 0) is 11.2 Å². The van der Waals surface area contributed by atoms with E-state index in [2.05, 4.69) is 21.2 Å². The van der Waals surface area contributed by atoms with E-state index in [0.29, 0.717) is 5.75 Å². The Morgan fingerprint density at radius 1 is 1.45 bits per heavy atom. The number of hydrogen-bond acceptors (Lipinski definition) is 3. The minimum absolute atomic E-state index is 0.0234. The van der Waals surface area contributed by atoms with Gasteiger partial charge in [0.15, 0.2) is 6.61 Å². The molecule has 2 atom stereocenters. The molecular formula is C15H23BrN2O2. The van der Waals surface area contributed by atoms with Gasteiger partial charge in [0.25, 0.3) is 5.91 Å². The molecule has 0 aliphatic rings. The van der Waals surface area contributed by atoms with E-state index in [-0.39, 0.29) is 24.6 Å². The van der Waals surface area contributed by atoms with Gasteiger partial charge in [-0.2, -0.15) is 0 Å². The Balaban J connectivity index is 2.54. The van der Waals surface area contributed by atoms with E-state index in [1.807, 2.05) is 39.0 Å². The van der Waals surface area contributed by atoms with Crippen LogP contribution < -0.4 is 15.8 Å². The van der Waals surface area contributed by atoms with Gasteiger partial charge in [0, 0.05) is 12.1 Å². The van der Waals surface area contributed by atoms with Gasteiger partial charge in [-0.05, 0) is 60.3 Å². The lowest BCUT2D eigenvalue weighted by molar-refractivity contribution is -0.123. The van der Waals surface area contributed by atoms with Crippen molar-refractivity contribution >= 4 is 21.8 Å². The number of hydrogen-bond donors (Lipinski definition) is 2. The molecule has 5 heteroatoms. The van der Waals surface area contributed by atoms with E-state index < -0.39 is 0 Å². The monoisotopic (exact) mass is 342 g/mol. The van der Waals surface area contributed by atoms with Gasteiger partial charge < -0.3 is 15.8 Å². The molecule has 0 saturated heterocycles. The Labute approximate surface area is 129 Å². The summed E-state index contributed by atoms with van der Waals surface area (Å²) in [5, 5.41) is 2.86. The predicted octanol–water partition coefficient (Wildman–Crippen LogP) is 2.63. The van der Waals surface area contributed by atoms with Gasteiger partial charge in [0.1, 0.15) is 5.75 Å². The van der Waals surface area contributed by atoms with Crippen LogP contribution in [0.2, 0.25) is 0 Å². The maximum Gasteiger partial charge on any atom is 0.258 e. The van der Waals surface area contributed by atoms with Crippen molar-refractivity contribution in [2.45, 2.75) is 45.7 Å². The summed E-state index contributed by atoms with van der Waals surface area (Å²) in [7, 11) is 0. The largest absolute Gasteiger partial charge is 0.483 e. The quantitative estimate of drug-likeness (QED) is 0.800. The lowest BCUT2D eigenvalue weighted by Gasteiger charge is -2.13. The highest BCUT2D eigenvalue weighted by Crippen LogP contribution is 2.26. The molecule has 112 valence electrons. The number of rotatable bonds is 7. The summed E-state index contributed by atoms with van der Waals surface area (Å²) in [6.45, 7) is 5.99. The van der Waals surface area contributed by atoms with Gasteiger partial charge in [0.2, 0.25) is 0 Å². The standard InChI is InChI=1S/C15H23BrN2O2/c1-4-11(3)18-15(19)9-20-14-6-5-12(7-10(2)17)8-13(14)16/h5-6,8,10-11H,4,7,9,17H2,1-3H3,(H,18,19). The van der Waals surface area contributed by atoms with Gasteiger partial charge in [-0.3, -0.25) is 4.79 Å². The van der Waals surface area contributed by atoms with Crippen molar-refractivity contribution in [3.63, 3.8) is 0 Å². The maximum atomic E-state index is 11.6. The fourth-order valence-electron chi connectivity index (χ4n) is 1.72. The Morgan fingerprint density at radius 2 is 2.15 bits per heavy atom. The normalized spacial score (nSPS) is 13.7. The van der Waals surface area contributed by atoms with Crippen molar-refractivity contribution in [2.75, 3.05) is 6.61 Å². The second-order valence-corrected chi connectivity index (χ2v) is 5.97. The van der Waals surface area contributed by atoms with Crippen molar-refractivity contribution in [3.8, 4) is 5.75 Å². The molecule has 0 bridgehead atoms. The fraction of sp³-hybridized carbons (Fsp3) is 0.533. The van der Waals surface area contributed by atoms with Crippen LogP contribution in [0.3, 0.4) is 0 Å². The number of nitrogens with one attached hydrogen (secondary N) is 1. The van der Waals surface area contributed by atoms with Crippen molar-refractivity contribution in [2.24, 2.45) is 5.73 Å². The topological polar surface area (TPSA) is 64.3 Å². The van der Waals surface area contributed by atoms with Crippen LogP contribution in [-0.4, -0.2) is 24.6 Å². The zero-order chi connectivity index (χ0) is 15.1. The predicted molar refractivity (Wildman–Crippen MR) is 84.9 cm³/mol. The Kier molecular flexibility index (Phi) is 7.02. The molecule has 1 rings (SSSR count). The molecule has 2 unspecified atom stereocenters. The lowest BCUT2D eigenvalue weighted by atomic mass is 10.1. The highest BCUT2D eigenvalue weighted by atomic mass is 79.9. The number of carbonyl (C=O) groups excluding carboxylic acids is 1. The summed E-state index contributed by atoms with van der Waals surface area (Å²) in [5.41, 5.74) is 6.91. The first-order chi connectivity index (χ1) is 9.42. The first-order valence-electron chi connectivity index (χ1n) is 6.88. The Bertz CT molecular complexity index is 449. The average molecular weight is 343 g/mol. The molecule has 0 aliphatic carbocycles. The Hall–Kier alpha value is -1.07. The highest BCUT2D eigenvalue weighted by molar-refractivity contribution is 9.10. The third-order valence-electron chi connectivity index (χ3n) is 2.93. The van der Waals surface area contributed by atoms with Crippen molar-refractivity contribution in [1.82, 2.24) is 5.32 Å². The van der Waals surface area contributed by atoms with E-state index in [0.717, 1.165) is 22.9 Å². The fourth-order valence-corrected chi connectivity index (χ4v) is 2.26. The summed E-state index contributed by atoms with van der Waals surface area (Å²) < 4.78 is 6.35. The zero-order valence-electron chi connectivity index (χ0n) is 12.3. The van der Waals surface area contributed by atoms with Gasteiger partial charge in [-0.25, -0.2) is 0 Å². The number of halogens is 1. The summed E-state index contributed by atoms with van der Waals surface area (Å²) in [6, 6.07) is 6.09. The van der Waals surface area contributed by atoms with E-state index in [9.17, 15) is 4.79 Å². The molecular weight excluding hydrogens is 320 g/mol. The molecule has 0 aliphatic heterocycles. The molecule has 1 amide bonds. The second kappa shape index (κ2) is 8.27. The molecule has 3 N–H and O–H groups in total. The number of ether oxygens (including phenoxy) is 1. The number of nitrogens with two attached hydrogens (primary N) is 1. The van der Waals surface area contributed by atoms with Crippen molar-refractivity contribution in [3.05, 3.63) is 28.2 Å². The third kappa shape index (κ3) is 5.92. The smallest absolute Gasteiger partial charge is 0.258 e. The number of benzene rings is 1. The molecule has 1 aromatic rings. The molecule has 0 fully saturated rings. The van der Waals surface area contributed by atoms with Crippen LogP contribution in [0.25, 0.3) is 0 Å².